The van der Waals surface area contributed by atoms with Crippen LogP contribution in [-0.4, -0.2) is 28.0 Å². The van der Waals surface area contributed by atoms with Crippen LogP contribution in [0.2, 0.25) is 0 Å². The molecule has 0 atom stereocenters. The van der Waals surface area contributed by atoms with Crippen LogP contribution in [0.25, 0.3) is 11.3 Å². The van der Waals surface area contributed by atoms with Gasteiger partial charge in [0.2, 0.25) is 0 Å². The van der Waals surface area contributed by atoms with E-state index in [1.807, 2.05) is 5.32 Å². The molecule has 0 saturated carbocycles. The molecule has 0 aliphatic rings. The van der Waals surface area contributed by atoms with Gasteiger partial charge in [-0.3, -0.25) is 10.3 Å². The molecule has 0 aliphatic carbocycles. The maximum absolute atomic E-state index is 13.4. The van der Waals surface area contributed by atoms with Crippen LogP contribution < -0.4 is 10.1 Å². The zero-order valence-electron chi connectivity index (χ0n) is 15.3. The molecule has 2 aromatic rings. The lowest BCUT2D eigenvalue weighted by molar-refractivity contribution is -0.274. The number of hydrogen-bond acceptors (Lipinski definition) is 5. The second-order valence-corrected chi connectivity index (χ2v) is 6.67. The van der Waals surface area contributed by atoms with Gasteiger partial charge in [0.05, 0.1) is 17.6 Å². The Morgan fingerprint density at radius 2 is 1.69 bits per heavy atom. The molecule has 0 radical (unpaired) electrons. The number of nitrogens with one attached hydrogen (secondary N) is 1. The minimum absolute atomic E-state index is 0.152. The number of ether oxygens (including phenoxy) is 2. The molecule has 2 heterocycles. The molecule has 29 heavy (non-hydrogen) atoms. The van der Waals surface area contributed by atoms with E-state index in [0.717, 1.165) is 30.6 Å². The molecule has 0 aliphatic heterocycles. The van der Waals surface area contributed by atoms with Crippen molar-refractivity contribution in [3.63, 3.8) is 0 Å². The number of carbonyl (C=O) groups is 1. The quantitative estimate of drug-likeness (QED) is 0.669. The Morgan fingerprint density at radius 3 is 2.24 bits per heavy atom. The molecule has 1 amide bonds. The van der Waals surface area contributed by atoms with Crippen molar-refractivity contribution in [3.8, 4) is 17.0 Å². The van der Waals surface area contributed by atoms with E-state index in [-0.39, 0.29) is 11.3 Å². The van der Waals surface area contributed by atoms with Gasteiger partial charge in [0.15, 0.2) is 5.69 Å². The van der Waals surface area contributed by atoms with Crippen LogP contribution in [0.3, 0.4) is 0 Å². The summed E-state index contributed by atoms with van der Waals surface area (Å²) in [6.07, 6.45) is -9.31. The van der Waals surface area contributed by atoms with Crippen molar-refractivity contribution in [2.45, 2.75) is 38.9 Å². The molecule has 0 fully saturated rings. The molecule has 0 spiro atoms. The van der Waals surface area contributed by atoms with Gasteiger partial charge in [0, 0.05) is 11.8 Å². The molecule has 6 nitrogen and oxygen atoms in total. The van der Waals surface area contributed by atoms with Gasteiger partial charge in [-0.25, -0.2) is 9.78 Å². The highest BCUT2D eigenvalue weighted by molar-refractivity contribution is 5.86. The van der Waals surface area contributed by atoms with Gasteiger partial charge < -0.3 is 9.47 Å². The predicted octanol–water partition coefficient (Wildman–Crippen LogP) is 5.41. The fourth-order valence-corrected chi connectivity index (χ4v) is 2.10. The van der Waals surface area contributed by atoms with Crippen LogP contribution >= 0.6 is 0 Å². The third kappa shape index (κ3) is 6.80. The van der Waals surface area contributed by atoms with E-state index in [9.17, 15) is 31.1 Å². The van der Waals surface area contributed by atoms with E-state index in [0.29, 0.717) is 0 Å². The fourth-order valence-electron chi connectivity index (χ4n) is 2.10. The van der Waals surface area contributed by atoms with Crippen LogP contribution in [0.5, 0.6) is 5.75 Å². The van der Waals surface area contributed by atoms with E-state index < -0.39 is 41.4 Å². The fraction of sp³-hybridized carbons (Fsp3) is 0.353. The van der Waals surface area contributed by atoms with E-state index in [2.05, 4.69) is 14.7 Å². The number of amides is 1. The summed E-state index contributed by atoms with van der Waals surface area (Å²) in [6.45, 7) is 4.59. The summed E-state index contributed by atoms with van der Waals surface area (Å²) in [4.78, 5) is 18.7. The minimum atomic E-state index is -4.99. The molecule has 0 saturated heterocycles. The molecular formula is C17H15F6N3O3. The van der Waals surface area contributed by atoms with Crippen LogP contribution in [-0.2, 0) is 10.9 Å². The average Bonchev–Trinajstić information content (AvgIpc) is 2.51. The van der Waals surface area contributed by atoms with Crippen molar-refractivity contribution in [1.29, 1.82) is 0 Å². The monoisotopic (exact) mass is 423 g/mol. The van der Waals surface area contributed by atoms with Gasteiger partial charge in [-0.2, -0.15) is 13.2 Å². The molecule has 0 aromatic carbocycles. The third-order valence-corrected chi connectivity index (χ3v) is 3.04. The van der Waals surface area contributed by atoms with Crippen LogP contribution in [0, 0.1) is 0 Å². The Kier molecular flexibility index (Phi) is 5.95. The van der Waals surface area contributed by atoms with Crippen LogP contribution in [0.4, 0.5) is 36.8 Å². The van der Waals surface area contributed by atoms with E-state index >= 15 is 0 Å². The van der Waals surface area contributed by atoms with Gasteiger partial charge >= 0.3 is 18.6 Å². The SMILES string of the molecule is CC(C)(C)OC(=O)Nc1ccc(-c2cncc(OC(F)(F)F)c2)nc1C(F)(F)F. The lowest BCUT2D eigenvalue weighted by Gasteiger charge is -2.21. The number of aromatic nitrogens is 2. The maximum atomic E-state index is 13.4. The summed E-state index contributed by atoms with van der Waals surface area (Å²) in [5.41, 5.74) is -3.55. The van der Waals surface area contributed by atoms with Crippen molar-refractivity contribution in [2.75, 3.05) is 5.32 Å². The standard InChI is InChI=1S/C17H15F6N3O3/c1-15(2,3)29-14(27)26-12-5-4-11(25-13(12)16(18,19)20)9-6-10(8-24-7-9)28-17(21,22)23/h4-8H,1-3H3,(H,26,27). The number of carbonyl (C=O) groups excluding carboxylic acids is 1. The Bertz CT molecular complexity index is 891. The molecule has 0 unspecified atom stereocenters. The lowest BCUT2D eigenvalue weighted by atomic mass is 10.1. The summed E-state index contributed by atoms with van der Waals surface area (Å²) in [5.74, 6) is -0.721. The molecular weight excluding hydrogens is 408 g/mol. The second kappa shape index (κ2) is 7.76. The largest absolute Gasteiger partial charge is 0.573 e. The molecule has 2 rings (SSSR count). The summed E-state index contributed by atoms with van der Waals surface area (Å²) >= 11 is 0. The van der Waals surface area contributed by atoms with Crippen molar-refractivity contribution < 1.29 is 40.6 Å². The minimum Gasteiger partial charge on any atom is -0.444 e. The summed E-state index contributed by atoms with van der Waals surface area (Å²) in [5, 5.41) is 1.96. The number of halogens is 6. The number of hydrogen-bond donors (Lipinski definition) is 1. The highest BCUT2D eigenvalue weighted by Crippen LogP contribution is 2.36. The summed E-state index contributed by atoms with van der Waals surface area (Å²) in [6, 6.07) is 2.83. The average molecular weight is 423 g/mol. The number of alkyl halides is 6. The highest BCUT2D eigenvalue weighted by atomic mass is 19.4. The smallest absolute Gasteiger partial charge is 0.444 e. The van der Waals surface area contributed by atoms with Crippen LogP contribution in [0.1, 0.15) is 26.5 Å². The topological polar surface area (TPSA) is 73.3 Å². The van der Waals surface area contributed by atoms with Crippen molar-refractivity contribution >= 4 is 11.8 Å². The molecule has 12 heteroatoms. The first-order valence-electron chi connectivity index (χ1n) is 7.93. The van der Waals surface area contributed by atoms with Crippen LogP contribution in [0.15, 0.2) is 30.6 Å². The van der Waals surface area contributed by atoms with Crippen molar-refractivity contribution in [3.05, 3.63) is 36.3 Å². The van der Waals surface area contributed by atoms with E-state index in [4.69, 9.17) is 4.74 Å². The Labute approximate surface area is 160 Å². The summed E-state index contributed by atoms with van der Waals surface area (Å²) in [7, 11) is 0. The zero-order valence-corrected chi connectivity index (χ0v) is 15.3. The number of rotatable bonds is 3. The normalized spacial score (nSPS) is 12.4. The highest BCUT2D eigenvalue weighted by Gasteiger charge is 2.37. The predicted molar refractivity (Wildman–Crippen MR) is 89.0 cm³/mol. The summed E-state index contributed by atoms with van der Waals surface area (Å²) < 4.78 is 85.7. The molecule has 158 valence electrons. The molecule has 2 aromatic heterocycles. The molecule has 0 bridgehead atoms. The van der Waals surface area contributed by atoms with Gasteiger partial charge in [-0.1, -0.05) is 0 Å². The van der Waals surface area contributed by atoms with Crippen molar-refractivity contribution in [2.24, 2.45) is 0 Å². The Hall–Kier alpha value is -3.05. The zero-order chi connectivity index (χ0) is 22.0. The first kappa shape index (κ1) is 22.2. The Morgan fingerprint density at radius 1 is 1.03 bits per heavy atom. The lowest BCUT2D eigenvalue weighted by Crippen LogP contribution is -2.28. The third-order valence-electron chi connectivity index (χ3n) is 3.04. The molecule has 1 N–H and O–H groups in total. The maximum Gasteiger partial charge on any atom is 0.573 e. The van der Waals surface area contributed by atoms with Gasteiger partial charge in [0.25, 0.3) is 0 Å². The van der Waals surface area contributed by atoms with E-state index in [1.54, 1.807) is 0 Å². The van der Waals surface area contributed by atoms with Gasteiger partial charge in [-0.05, 0) is 39.0 Å². The first-order chi connectivity index (χ1) is 13.1. The van der Waals surface area contributed by atoms with Crippen molar-refractivity contribution in [1.82, 2.24) is 9.97 Å². The van der Waals surface area contributed by atoms with Gasteiger partial charge in [-0.15, -0.1) is 13.2 Å². The first-order valence-corrected chi connectivity index (χ1v) is 7.93. The number of pyridine rings is 2. The number of anilines is 1. The Balaban J connectivity index is 2.39. The van der Waals surface area contributed by atoms with E-state index in [1.165, 1.54) is 20.8 Å². The second-order valence-electron chi connectivity index (χ2n) is 6.67. The number of nitrogens with zero attached hydrogens (tertiary/aromatic N) is 2. The van der Waals surface area contributed by atoms with Gasteiger partial charge in [0.1, 0.15) is 11.4 Å².